The van der Waals surface area contributed by atoms with Gasteiger partial charge in [0.2, 0.25) is 0 Å². The summed E-state index contributed by atoms with van der Waals surface area (Å²) < 4.78 is 0. The summed E-state index contributed by atoms with van der Waals surface area (Å²) in [6, 6.07) is 29.3. The number of nitrogen functional groups attached to an aromatic ring is 1. The molecule has 0 aliphatic carbocycles. The fourth-order valence-electron chi connectivity index (χ4n) is 3.41. The fraction of sp³-hybridized carbons (Fsp3) is 0.148. The molecule has 0 atom stereocenters. The number of fused-ring (bicyclic) bond motifs is 1. The summed E-state index contributed by atoms with van der Waals surface area (Å²) in [6.07, 6.45) is 1.12. The van der Waals surface area contributed by atoms with E-state index in [0.717, 1.165) is 17.5 Å². The van der Waals surface area contributed by atoms with Crippen LogP contribution in [0.2, 0.25) is 0 Å². The third-order valence-electron chi connectivity index (χ3n) is 5.21. The van der Waals surface area contributed by atoms with Gasteiger partial charge in [-0.25, -0.2) is 0 Å². The van der Waals surface area contributed by atoms with E-state index in [1.807, 2.05) is 30.3 Å². The molecular weight excluding hydrogens is 352 g/mol. The molecule has 0 bridgehead atoms. The van der Waals surface area contributed by atoms with Crippen LogP contribution < -0.4 is 5.73 Å². The molecule has 0 aliphatic rings. The molecule has 0 aliphatic heterocycles. The summed E-state index contributed by atoms with van der Waals surface area (Å²) in [5.41, 5.74) is 12.5. The van der Waals surface area contributed by atoms with Gasteiger partial charge in [-0.05, 0) is 64.9 Å². The van der Waals surface area contributed by atoms with Crippen molar-refractivity contribution in [3.63, 3.8) is 0 Å². The molecule has 0 saturated heterocycles. The number of nitrogens with one attached hydrogen (secondary N) is 1. The van der Waals surface area contributed by atoms with Gasteiger partial charge in [0.25, 0.3) is 0 Å². The van der Waals surface area contributed by atoms with Crippen LogP contribution in [-0.2, 0) is 6.42 Å². The second kappa shape index (κ2) is 9.20. The van der Waals surface area contributed by atoms with Gasteiger partial charge < -0.3 is 5.73 Å². The van der Waals surface area contributed by atoms with Crippen molar-refractivity contribution in [3.8, 4) is 11.1 Å². The summed E-state index contributed by atoms with van der Waals surface area (Å²) in [7, 11) is 0. The summed E-state index contributed by atoms with van der Waals surface area (Å²) >= 11 is 0. The molecule has 4 rings (SSSR count). The zero-order valence-corrected chi connectivity index (χ0v) is 17.4. The van der Waals surface area contributed by atoms with E-state index >= 15 is 0 Å². The highest BCUT2D eigenvalue weighted by Crippen LogP contribution is 2.27. The molecule has 4 aromatic carbocycles. The maximum atomic E-state index is 7.50. The quantitative estimate of drug-likeness (QED) is 0.303. The highest BCUT2D eigenvalue weighted by atomic mass is 14.7. The second-order valence-electron chi connectivity index (χ2n) is 7.29. The summed E-state index contributed by atoms with van der Waals surface area (Å²) in [6.45, 7) is 6.35. The van der Waals surface area contributed by atoms with Gasteiger partial charge in [-0.2, -0.15) is 0 Å². The molecule has 0 heterocycles. The lowest BCUT2D eigenvalue weighted by atomic mass is 9.95. The maximum absolute atomic E-state index is 7.50. The summed E-state index contributed by atoms with van der Waals surface area (Å²) in [4.78, 5) is 0. The number of hydrogen-bond donors (Lipinski definition) is 2. The molecule has 0 amide bonds. The number of benzene rings is 4. The van der Waals surface area contributed by atoms with Crippen LogP contribution in [0.15, 0.2) is 84.9 Å². The lowest BCUT2D eigenvalue weighted by Gasteiger charge is -2.11. The van der Waals surface area contributed by atoms with Crippen molar-refractivity contribution in [1.82, 2.24) is 0 Å². The molecule has 4 aromatic rings. The first kappa shape index (κ1) is 20.3. The Bertz CT molecular complexity index is 1140. The maximum Gasteiger partial charge on any atom is 0.122 e. The molecule has 0 fully saturated rings. The van der Waals surface area contributed by atoms with Crippen LogP contribution in [0.25, 0.3) is 21.9 Å². The summed E-state index contributed by atoms with van der Waals surface area (Å²) in [5.74, 6) is 0.111. The van der Waals surface area contributed by atoms with Crippen molar-refractivity contribution in [1.29, 1.82) is 5.41 Å². The average Bonchev–Trinajstić information content (AvgIpc) is 2.74. The first-order chi connectivity index (χ1) is 14.0. The molecule has 0 unspecified atom stereocenters. The molecule has 29 heavy (non-hydrogen) atoms. The first-order valence-electron chi connectivity index (χ1n) is 9.98. The standard InChI is InChI=1S/C15H16N2.C12H12/c1-10-5-3-4-6-13(10)14-9-12(15(16)17)8-7-11(14)2;1-2-10-7-8-11-5-3-4-6-12(11)9-10/h3-9H,1-2H3,(H3,16,17);3-9H,2H2,1H3. The minimum absolute atomic E-state index is 0.111. The zero-order chi connectivity index (χ0) is 20.8. The average molecular weight is 381 g/mol. The van der Waals surface area contributed by atoms with Crippen LogP contribution in [0.1, 0.15) is 29.2 Å². The van der Waals surface area contributed by atoms with Gasteiger partial charge in [-0.15, -0.1) is 0 Å². The van der Waals surface area contributed by atoms with Crippen molar-refractivity contribution in [2.75, 3.05) is 0 Å². The van der Waals surface area contributed by atoms with Crippen LogP contribution in [0.4, 0.5) is 0 Å². The lowest BCUT2D eigenvalue weighted by molar-refractivity contribution is 1.15. The lowest BCUT2D eigenvalue weighted by Crippen LogP contribution is -2.11. The molecule has 2 nitrogen and oxygen atoms in total. The Hall–Kier alpha value is -3.39. The van der Waals surface area contributed by atoms with Gasteiger partial charge in [-0.3, -0.25) is 5.41 Å². The van der Waals surface area contributed by atoms with Crippen molar-refractivity contribution in [2.45, 2.75) is 27.2 Å². The van der Waals surface area contributed by atoms with E-state index in [0.29, 0.717) is 0 Å². The van der Waals surface area contributed by atoms with E-state index in [-0.39, 0.29) is 5.84 Å². The Labute approximate surface area is 173 Å². The van der Waals surface area contributed by atoms with Crippen LogP contribution in [0.3, 0.4) is 0 Å². The van der Waals surface area contributed by atoms with Gasteiger partial charge in [0, 0.05) is 5.56 Å². The van der Waals surface area contributed by atoms with E-state index in [1.165, 1.54) is 33.0 Å². The number of hydrogen-bond acceptors (Lipinski definition) is 1. The van der Waals surface area contributed by atoms with E-state index in [2.05, 4.69) is 75.4 Å². The number of rotatable bonds is 3. The van der Waals surface area contributed by atoms with E-state index in [9.17, 15) is 0 Å². The van der Waals surface area contributed by atoms with Crippen molar-refractivity contribution in [3.05, 3.63) is 107 Å². The predicted octanol–water partition coefficient (Wildman–Crippen LogP) is 6.66. The van der Waals surface area contributed by atoms with E-state index in [1.54, 1.807) is 0 Å². The Morgan fingerprint density at radius 1 is 0.724 bits per heavy atom. The fourth-order valence-corrected chi connectivity index (χ4v) is 3.41. The SMILES string of the molecule is CCc1ccc2ccccc2c1.Cc1ccccc1-c1cc(C(=N)N)ccc1C. The Morgan fingerprint density at radius 3 is 2.07 bits per heavy atom. The van der Waals surface area contributed by atoms with E-state index < -0.39 is 0 Å². The van der Waals surface area contributed by atoms with E-state index in [4.69, 9.17) is 11.1 Å². The summed E-state index contributed by atoms with van der Waals surface area (Å²) in [5, 5.41) is 10.2. The smallest absolute Gasteiger partial charge is 0.122 e. The molecule has 0 spiro atoms. The van der Waals surface area contributed by atoms with Gasteiger partial charge in [0.15, 0.2) is 0 Å². The second-order valence-corrected chi connectivity index (χ2v) is 7.29. The Morgan fingerprint density at radius 2 is 1.38 bits per heavy atom. The molecule has 2 heteroatoms. The predicted molar refractivity (Wildman–Crippen MR) is 126 cm³/mol. The van der Waals surface area contributed by atoms with Crippen LogP contribution in [0, 0.1) is 19.3 Å². The Kier molecular flexibility index (Phi) is 6.46. The third kappa shape index (κ3) is 4.91. The topological polar surface area (TPSA) is 49.9 Å². The number of nitrogens with two attached hydrogens (primary N) is 1. The van der Waals surface area contributed by atoms with Gasteiger partial charge >= 0.3 is 0 Å². The highest BCUT2D eigenvalue weighted by Gasteiger charge is 2.06. The molecule has 0 radical (unpaired) electrons. The number of amidine groups is 1. The highest BCUT2D eigenvalue weighted by molar-refractivity contribution is 5.96. The van der Waals surface area contributed by atoms with Crippen LogP contribution >= 0.6 is 0 Å². The first-order valence-corrected chi connectivity index (χ1v) is 9.98. The molecule has 0 saturated carbocycles. The molecule has 0 aromatic heterocycles. The van der Waals surface area contributed by atoms with Gasteiger partial charge in [0.1, 0.15) is 5.84 Å². The monoisotopic (exact) mass is 380 g/mol. The normalized spacial score (nSPS) is 10.3. The zero-order valence-electron chi connectivity index (χ0n) is 17.4. The van der Waals surface area contributed by atoms with Crippen LogP contribution in [0.5, 0.6) is 0 Å². The molecular formula is C27H28N2. The van der Waals surface area contributed by atoms with Gasteiger partial charge in [-0.1, -0.05) is 85.8 Å². The largest absolute Gasteiger partial charge is 0.384 e. The minimum atomic E-state index is 0.111. The molecule has 146 valence electrons. The van der Waals surface area contributed by atoms with Crippen molar-refractivity contribution < 1.29 is 0 Å². The molecule has 3 N–H and O–H groups in total. The minimum Gasteiger partial charge on any atom is -0.384 e. The number of aryl methyl sites for hydroxylation is 3. The van der Waals surface area contributed by atoms with Gasteiger partial charge in [0.05, 0.1) is 0 Å². The van der Waals surface area contributed by atoms with Crippen molar-refractivity contribution >= 4 is 16.6 Å². The third-order valence-corrected chi connectivity index (χ3v) is 5.21. The van der Waals surface area contributed by atoms with Crippen LogP contribution in [-0.4, -0.2) is 5.84 Å². The Balaban J connectivity index is 0.000000176. The van der Waals surface area contributed by atoms with Crippen molar-refractivity contribution in [2.24, 2.45) is 5.73 Å².